The van der Waals surface area contributed by atoms with E-state index in [9.17, 15) is 19.5 Å². The van der Waals surface area contributed by atoms with Gasteiger partial charge in [0.15, 0.2) is 6.61 Å². The molecule has 0 saturated carbocycles. The molecule has 0 saturated heterocycles. The molecule has 1 aromatic carbocycles. The quantitative estimate of drug-likeness (QED) is 0.364. The van der Waals surface area contributed by atoms with Crippen molar-refractivity contribution in [3.05, 3.63) is 39.7 Å². The fourth-order valence-electron chi connectivity index (χ4n) is 3.48. The molecule has 1 N–H and O–H groups in total. The van der Waals surface area contributed by atoms with Crippen LogP contribution < -0.4 is 20.8 Å². The number of fused-ring (bicyclic) bond motifs is 1. The molecule has 1 heterocycles. The fourth-order valence-corrected chi connectivity index (χ4v) is 3.48. The third-order valence-electron chi connectivity index (χ3n) is 5.29. The van der Waals surface area contributed by atoms with E-state index in [-0.39, 0.29) is 24.6 Å². The van der Waals surface area contributed by atoms with E-state index in [1.165, 1.54) is 0 Å². The zero-order valence-corrected chi connectivity index (χ0v) is 18.5. The molecule has 2 rings (SSSR count). The number of carboxylic acids is 1. The second kappa shape index (κ2) is 12.8. The van der Waals surface area contributed by atoms with Crippen molar-refractivity contribution in [1.29, 1.82) is 0 Å². The number of ether oxygens (including phenoxy) is 1. The number of hydrogen-bond acceptors (Lipinski definition) is 6. The number of nitrogens with one attached hydrogen (secondary N) is 1. The predicted molar refractivity (Wildman–Crippen MR) is 117 cm³/mol. The Hall–Kier alpha value is -2.83. The average molecular weight is 431 g/mol. The summed E-state index contributed by atoms with van der Waals surface area (Å²) in [7, 11) is 0. The Morgan fingerprint density at radius 1 is 1.10 bits per heavy atom. The summed E-state index contributed by atoms with van der Waals surface area (Å²) in [6, 6.07) is 5.26. The summed E-state index contributed by atoms with van der Waals surface area (Å²) in [4.78, 5) is 34.7. The minimum Gasteiger partial charge on any atom is -0.550 e. The first-order chi connectivity index (χ1) is 14.9. The van der Waals surface area contributed by atoms with Crippen LogP contribution in [0.1, 0.15) is 69.4 Å². The van der Waals surface area contributed by atoms with Gasteiger partial charge in [-0.3, -0.25) is 4.79 Å². The summed E-state index contributed by atoms with van der Waals surface area (Å²) in [5.74, 6) is -0.864. The van der Waals surface area contributed by atoms with Gasteiger partial charge < -0.3 is 24.4 Å². The van der Waals surface area contributed by atoms with Crippen LogP contribution in [0.5, 0.6) is 5.75 Å². The zero-order valence-electron chi connectivity index (χ0n) is 18.5. The van der Waals surface area contributed by atoms with Crippen LogP contribution in [0.2, 0.25) is 0 Å². The lowest BCUT2D eigenvalue weighted by Crippen LogP contribution is -2.29. The van der Waals surface area contributed by atoms with E-state index in [0.717, 1.165) is 48.6 Å². The van der Waals surface area contributed by atoms with E-state index in [1.54, 1.807) is 12.1 Å². The van der Waals surface area contributed by atoms with Gasteiger partial charge in [-0.1, -0.05) is 32.6 Å². The van der Waals surface area contributed by atoms with Gasteiger partial charge in [-0.25, -0.2) is 4.79 Å². The number of rotatable bonds is 14. The molecule has 0 aliphatic rings. The number of carbonyl (C=O) groups excluding carboxylic acids is 2. The zero-order chi connectivity index (χ0) is 22.6. The van der Waals surface area contributed by atoms with E-state index in [4.69, 9.17) is 9.15 Å². The summed E-state index contributed by atoms with van der Waals surface area (Å²) < 4.78 is 11.0. The third kappa shape index (κ3) is 8.07. The number of aryl methyl sites for hydroxylation is 1. The van der Waals surface area contributed by atoms with E-state index < -0.39 is 5.97 Å². The van der Waals surface area contributed by atoms with Crippen molar-refractivity contribution in [3.8, 4) is 5.75 Å². The number of amides is 1. The molecular weight excluding hydrogens is 398 g/mol. The van der Waals surface area contributed by atoms with Crippen LogP contribution in [-0.4, -0.2) is 25.0 Å². The van der Waals surface area contributed by atoms with Crippen molar-refractivity contribution in [3.63, 3.8) is 0 Å². The van der Waals surface area contributed by atoms with Crippen molar-refractivity contribution in [1.82, 2.24) is 5.32 Å². The lowest BCUT2D eigenvalue weighted by atomic mass is 10.0. The molecule has 7 heteroatoms. The molecule has 0 atom stereocenters. The number of carboxylic acid groups (broad SMARTS) is 1. The number of benzene rings is 1. The topological polar surface area (TPSA) is 109 Å². The highest BCUT2D eigenvalue weighted by Gasteiger charge is 2.12. The first-order valence-electron chi connectivity index (χ1n) is 11.1. The molecule has 7 nitrogen and oxygen atoms in total. The maximum Gasteiger partial charge on any atom is 0.339 e. The number of aliphatic carboxylic acids is 1. The van der Waals surface area contributed by atoms with E-state index in [0.29, 0.717) is 37.1 Å². The second-order valence-corrected chi connectivity index (χ2v) is 7.78. The van der Waals surface area contributed by atoms with Gasteiger partial charge in [-0.05, 0) is 56.7 Å². The standard InChI is InChI=1S/C24H33NO6/c1-3-4-5-7-10-20-17(2)19-13-12-18(15-21(19)31-24(20)29)30-16-22(26)25-14-9-6-8-11-23(27)28/h12-13,15H,3-11,14,16H2,1-2H3,(H,25,26)(H,27,28)/p-1. The van der Waals surface area contributed by atoms with Crippen LogP contribution in [0.4, 0.5) is 0 Å². The van der Waals surface area contributed by atoms with Crippen LogP contribution >= 0.6 is 0 Å². The minimum atomic E-state index is -1.05. The molecule has 1 aromatic heterocycles. The summed E-state index contributed by atoms with van der Waals surface area (Å²) in [6.07, 6.45) is 7.08. The largest absolute Gasteiger partial charge is 0.550 e. The average Bonchev–Trinajstić information content (AvgIpc) is 2.73. The van der Waals surface area contributed by atoms with Crippen LogP contribution in [-0.2, 0) is 16.0 Å². The summed E-state index contributed by atoms with van der Waals surface area (Å²) in [6.45, 7) is 4.41. The fraction of sp³-hybridized carbons (Fsp3) is 0.542. The Morgan fingerprint density at radius 2 is 1.87 bits per heavy atom. The molecule has 0 fully saturated rings. The van der Waals surface area contributed by atoms with Crippen LogP contribution in [0.15, 0.2) is 27.4 Å². The molecule has 0 radical (unpaired) electrons. The Balaban J connectivity index is 1.87. The van der Waals surface area contributed by atoms with Gasteiger partial charge in [-0.15, -0.1) is 0 Å². The van der Waals surface area contributed by atoms with Gasteiger partial charge in [-0.2, -0.15) is 0 Å². The number of carbonyl (C=O) groups is 2. The van der Waals surface area contributed by atoms with Crippen LogP contribution in [0.25, 0.3) is 11.0 Å². The van der Waals surface area contributed by atoms with Crippen molar-refractivity contribution < 1.29 is 23.8 Å². The van der Waals surface area contributed by atoms with Crippen LogP contribution in [0, 0.1) is 6.92 Å². The van der Waals surface area contributed by atoms with E-state index >= 15 is 0 Å². The SMILES string of the molecule is CCCCCCc1c(C)c2ccc(OCC(=O)NCCCCCC(=O)[O-])cc2oc1=O. The first-order valence-corrected chi connectivity index (χ1v) is 11.1. The first kappa shape index (κ1) is 24.4. The highest BCUT2D eigenvalue weighted by Crippen LogP contribution is 2.25. The summed E-state index contributed by atoms with van der Waals surface area (Å²) in [5, 5.41) is 13.9. The molecule has 0 spiro atoms. The molecule has 31 heavy (non-hydrogen) atoms. The van der Waals surface area contributed by atoms with Gasteiger partial charge in [0, 0.05) is 29.5 Å². The predicted octanol–water partition coefficient (Wildman–Crippen LogP) is 3.03. The molecular formula is C24H32NO6-. The van der Waals surface area contributed by atoms with Gasteiger partial charge in [0.05, 0.1) is 0 Å². The third-order valence-corrected chi connectivity index (χ3v) is 5.29. The number of unbranched alkanes of at least 4 members (excludes halogenated alkanes) is 5. The lowest BCUT2D eigenvalue weighted by Gasteiger charge is -2.10. The maximum absolute atomic E-state index is 12.4. The van der Waals surface area contributed by atoms with Gasteiger partial charge >= 0.3 is 5.63 Å². The maximum atomic E-state index is 12.4. The van der Waals surface area contributed by atoms with Gasteiger partial charge in [0.2, 0.25) is 0 Å². The molecule has 0 unspecified atom stereocenters. The van der Waals surface area contributed by atoms with Crippen molar-refractivity contribution >= 4 is 22.8 Å². The smallest absolute Gasteiger partial charge is 0.339 e. The summed E-state index contributed by atoms with van der Waals surface area (Å²) in [5.41, 5.74) is 1.81. The highest BCUT2D eigenvalue weighted by molar-refractivity contribution is 5.82. The second-order valence-electron chi connectivity index (χ2n) is 7.78. The van der Waals surface area contributed by atoms with Crippen molar-refractivity contribution in [2.45, 2.75) is 71.6 Å². The normalized spacial score (nSPS) is 10.9. The molecule has 170 valence electrons. The van der Waals surface area contributed by atoms with Crippen LogP contribution in [0.3, 0.4) is 0 Å². The van der Waals surface area contributed by atoms with Crippen molar-refractivity contribution in [2.24, 2.45) is 0 Å². The van der Waals surface area contributed by atoms with E-state index in [1.807, 2.05) is 13.0 Å². The highest BCUT2D eigenvalue weighted by atomic mass is 16.5. The Bertz CT molecular complexity index is 934. The molecule has 1 amide bonds. The molecule has 0 aliphatic carbocycles. The molecule has 0 aliphatic heterocycles. The lowest BCUT2D eigenvalue weighted by molar-refractivity contribution is -0.305. The summed E-state index contributed by atoms with van der Waals surface area (Å²) >= 11 is 0. The Kier molecular flexibility index (Phi) is 10.1. The Morgan fingerprint density at radius 3 is 2.61 bits per heavy atom. The molecule has 0 bridgehead atoms. The Labute approximate surface area is 182 Å². The molecule has 2 aromatic rings. The monoisotopic (exact) mass is 430 g/mol. The van der Waals surface area contributed by atoms with Crippen molar-refractivity contribution in [2.75, 3.05) is 13.2 Å². The number of hydrogen-bond donors (Lipinski definition) is 1. The van der Waals surface area contributed by atoms with Gasteiger partial charge in [0.25, 0.3) is 5.91 Å². The van der Waals surface area contributed by atoms with E-state index in [2.05, 4.69) is 12.2 Å². The van der Waals surface area contributed by atoms with Gasteiger partial charge in [0.1, 0.15) is 11.3 Å². The minimum absolute atomic E-state index is 0.0367.